The molecule has 1 aromatic carbocycles. The smallest absolute Gasteiger partial charge is 0.0312 e. The third-order valence-electron chi connectivity index (χ3n) is 3.78. The first-order chi connectivity index (χ1) is 9.31. The van der Waals surface area contributed by atoms with Crippen LogP contribution >= 0.6 is 15.9 Å². The minimum absolute atomic E-state index is 0.643. The maximum Gasteiger partial charge on any atom is 0.0312 e. The first-order valence-electron chi connectivity index (χ1n) is 6.69. The van der Waals surface area contributed by atoms with Crippen LogP contribution in [0.25, 0.3) is 0 Å². The molecule has 0 spiro atoms. The van der Waals surface area contributed by atoms with E-state index in [0.717, 1.165) is 6.54 Å². The summed E-state index contributed by atoms with van der Waals surface area (Å²) in [7, 11) is 0. The Kier molecular flexibility index (Phi) is 3.95. The minimum atomic E-state index is 0.643. The molecule has 0 aliphatic heterocycles. The summed E-state index contributed by atoms with van der Waals surface area (Å²) in [5, 5.41) is 3.60. The number of benzene rings is 1. The van der Waals surface area contributed by atoms with Crippen LogP contribution in [0.1, 0.15) is 29.9 Å². The monoisotopic (exact) mass is 316 g/mol. The Balaban J connectivity index is 1.48. The number of pyridine rings is 1. The van der Waals surface area contributed by atoms with E-state index in [-0.39, 0.29) is 0 Å². The molecule has 0 amide bonds. The van der Waals surface area contributed by atoms with E-state index in [9.17, 15) is 0 Å². The fourth-order valence-corrected chi connectivity index (χ4v) is 3.00. The molecule has 0 saturated heterocycles. The highest BCUT2D eigenvalue weighted by molar-refractivity contribution is 9.10. The topological polar surface area (TPSA) is 24.9 Å². The summed E-state index contributed by atoms with van der Waals surface area (Å²) in [6.07, 6.45) is 6.21. The maximum absolute atomic E-state index is 4.13. The second kappa shape index (κ2) is 5.85. The van der Waals surface area contributed by atoms with Crippen LogP contribution in [0.15, 0.2) is 53.3 Å². The Labute approximate surface area is 122 Å². The zero-order chi connectivity index (χ0) is 13.1. The second-order valence-electron chi connectivity index (χ2n) is 5.16. The lowest BCUT2D eigenvalue weighted by Gasteiger charge is -2.36. The fourth-order valence-electron chi connectivity index (χ4n) is 2.58. The molecule has 2 aromatic rings. The van der Waals surface area contributed by atoms with Gasteiger partial charge in [-0.25, -0.2) is 0 Å². The molecule has 1 aliphatic rings. The number of hydrogen-bond donors (Lipinski definition) is 1. The zero-order valence-corrected chi connectivity index (χ0v) is 12.3. The Morgan fingerprint density at radius 1 is 1.21 bits per heavy atom. The fraction of sp³-hybridized carbons (Fsp3) is 0.312. The standard InChI is InChI=1S/C16H17BrN2/c17-15-5-1-4-13(7-15)14-8-16(9-14)19-11-12-3-2-6-18-10-12/h1-7,10,14,16,19H,8-9,11H2. The van der Waals surface area contributed by atoms with Gasteiger partial charge in [-0.2, -0.15) is 0 Å². The van der Waals surface area contributed by atoms with Crippen LogP contribution in [-0.4, -0.2) is 11.0 Å². The van der Waals surface area contributed by atoms with Gasteiger partial charge in [-0.3, -0.25) is 4.98 Å². The number of hydrogen-bond acceptors (Lipinski definition) is 2. The van der Waals surface area contributed by atoms with E-state index in [1.165, 1.54) is 28.4 Å². The SMILES string of the molecule is Brc1cccc(C2CC(NCc3cccnc3)C2)c1. The number of aromatic nitrogens is 1. The highest BCUT2D eigenvalue weighted by atomic mass is 79.9. The van der Waals surface area contributed by atoms with Crippen molar-refractivity contribution in [1.29, 1.82) is 0 Å². The lowest BCUT2D eigenvalue weighted by Crippen LogP contribution is -2.39. The highest BCUT2D eigenvalue weighted by Gasteiger charge is 2.29. The quantitative estimate of drug-likeness (QED) is 0.926. The van der Waals surface area contributed by atoms with E-state index >= 15 is 0 Å². The average Bonchev–Trinajstić information content (AvgIpc) is 2.38. The van der Waals surface area contributed by atoms with E-state index in [4.69, 9.17) is 0 Å². The number of rotatable bonds is 4. The Bertz CT molecular complexity index is 535. The van der Waals surface area contributed by atoms with Crippen molar-refractivity contribution >= 4 is 15.9 Å². The normalized spacial score (nSPS) is 21.9. The summed E-state index contributed by atoms with van der Waals surface area (Å²) in [5.41, 5.74) is 2.71. The van der Waals surface area contributed by atoms with Crippen molar-refractivity contribution < 1.29 is 0 Å². The van der Waals surface area contributed by atoms with Crippen LogP contribution in [0, 0.1) is 0 Å². The van der Waals surface area contributed by atoms with Crippen molar-refractivity contribution in [3.8, 4) is 0 Å². The first kappa shape index (κ1) is 12.8. The summed E-state index contributed by atoms with van der Waals surface area (Å²) in [6.45, 7) is 0.920. The van der Waals surface area contributed by atoms with E-state index in [1.807, 2.05) is 18.5 Å². The molecule has 2 nitrogen and oxygen atoms in total. The second-order valence-corrected chi connectivity index (χ2v) is 6.08. The third-order valence-corrected chi connectivity index (χ3v) is 4.27. The van der Waals surface area contributed by atoms with Crippen LogP contribution in [0.3, 0.4) is 0 Å². The van der Waals surface area contributed by atoms with Crippen molar-refractivity contribution in [2.24, 2.45) is 0 Å². The van der Waals surface area contributed by atoms with Gasteiger partial charge in [0.25, 0.3) is 0 Å². The molecule has 1 aromatic heterocycles. The predicted molar refractivity (Wildman–Crippen MR) is 81.0 cm³/mol. The van der Waals surface area contributed by atoms with Crippen molar-refractivity contribution in [2.75, 3.05) is 0 Å². The minimum Gasteiger partial charge on any atom is -0.310 e. The Hall–Kier alpha value is -1.19. The van der Waals surface area contributed by atoms with Gasteiger partial charge in [0.05, 0.1) is 0 Å². The van der Waals surface area contributed by atoms with Crippen LogP contribution < -0.4 is 5.32 Å². The van der Waals surface area contributed by atoms with Crippen molar-refractivity contribution in [2.45, 2.75) is 31.3 Å². The molecular weight excluding hydrogens is 300 g/mol. The van der Waals surface area contributed by atoms with Crippen LogP contribution in [0.4, 0.5) is 0 Å². The highest BCUT2D eigenvalue weighted by Crippen LogP contribution is 2.37. The number of halogens is 1. The van der Waals surface area contributed by atoms with Gasteiger partial charge in [0.2, 0.25) is 0 Å². The molecule has 3 rings (SSSR count). The van der Waals surface area contributed by atoms with E-state index in [1.54, 1.807) is 0 Å². The largest absolute Gasteiger partial charge is 0.310 e. The summed E-state index contributed by atoms with van der Waals surface area (Å²) < 4.78 is 1.18. The Morgan fingerprint density at radius 2 is 2.11 bits per heavy atom. The van der Waals surface area contributed by atoms with Gasteiger partial charge in [-0.15, -0.1) is 0 Å². The molecule has 1 saturated carbocycles. The molecule has 1 aliphatic carbocycles. The van der Waals surface area contributed by atoms with Gasteiger partial charge in [-0.05, 0) is 48.1 Å². The van der Waals surface area contributed by atoms with Crippen LogP contribution in [0.2, 0.25) is 0 Å². The molecule has 1 fully saturated rings. The van der Waals surface area contributed by atoms with Crippen molar-refractivity contribution in [3.05, 3.63) is 64.4 Å². The maximum atomic E-state index is 4.13. The summed E-state index contributed by atoms with van der Waals surface area (Å²) in [5.74, 6) is 0.712. The van der Waals surface area contributed by atoms with Gasteiger partial charge < -0.3 is 5.32 Å². The molecular formula is C16H17BrN2. The Morgan fingerprint density at radius 3 is 2.84 bits per heavy atom. The van der Waals surface area contributed by atoms with E-state index < -0.39 is 0 Å². The van der Waals surface area contributed by atoms with Gasteiger partial charge in [0.15, 0.2) is 0 Å². The number of nitrogens with zero attached hydrogens (tertiary/aromatic N) is 1. The summed E-state index contributed by atoms with van der Waals surface area (Å²) >= 11 is 3.54. The zero-order valence-electron chi connectivity index (χ0n) is 10.7. The molecule has 98 valence electrons. The van der Waals surface area contributed by atoms with Gasteiger partial charge in [-0.1, -0.05) is 34.1 Å². The van der Waals surface area contributed by atoms with Crippen molar-refractivity contribution in [3.63, 3.8) is 0 Å². The van der Waals surface area contributed by atoms with Gasteiger partial charge in [0, 0.05) is 29.5 Å². The summed E-state index contributed by atoms with van der Waals surface area (Å²) in [4.78, 5) is 4.13. The molecule has 0 unspecified atom stereocenters. The lowest BCUT2D eigenvalue weighted by atomic mass is 9.76. The third kappa shape index (κ3) is 3.23. The molecule has 1 N–H and O–H groups in total. The average molecular weight is 317 g/mol. The van der Waals surface area contributed by atoms with Crippen LogP contribution in [0.5, 0.6) is 0 Å². The van der Waals surface area contributed by atoms with E-state index in [2.05, 4.69) is 56.6 Å². The molecule has 0 bridgehead atoms. The van der Waals surface area contributed by atoms with Gasteiger partial charge >= 0.3 is 0 Å². The summed E-state index contributed by atoms with van der Waals surface area (Å²) in [6, 6.07) is 13.4. The van der Waals surface area contributed by atoms with Gasteiger partial charge in [0.1, 0.15) is 0 Å². The van der Waals surface area contributed by atoms with E-state index in [0.29, 0.717) is 12.0 Å². The molecule has 19 heavy (non-hydrogen) atoms. The lowest BCUT2D eigenvalue weighted by molar-refractivity contribution is 0.289. The molecule has 0 radical (unpaired) electrons. The molecule has 3 heteroatoms. The van der Waals surface area contributed by atoms with Crippen molar-refractivity contribution in [1.82, 2.24) is 10.3 Å². The number of nitrogens with one attached hydrogen (secondary N) is 1. The first-order valence-corrected chi connectivity index (χ1v) is 7.48. The van der Waals surface area contributed by atoms with Crippen LogP contribution in [-0.2, 0) is 6.54 Å². The predicted octanol–water partition coefficient (Wildman–Crippen LogP) is 3.88. The molecule has 0 atom stereocenters. The molecule has 1 heterocycles.